The van der Waals surface area contributed by atoms with E-state index in [1.54, 1.807) is 18.2 Å². The summed E-state index contributed by atoms with van der Waals surface area (Å²) in [7, 11) is 1.37. The van der Waals surface area contributed by atoms with E-state index in [9.17, 15) is 4.79 Å². The van der Waals surface area contributed by atoms with Gasteiger partial charge in [-0.1, -0.05) is 6.92 Å². The fourth-order valence-corrected chi connectivity index (χ4v) is 0.831. The van der Waals surface area contributed by atoms with Gasteiger partial charge in [-0.05, 0) is 5.56 Å². The van der Waals surface area contributed by atoms with E-state index in [4.69, 9.17) is 0 Å². The van der Waals surface area contributed by atoms with Crippen molar-refractivity contribution in [1.29, 1.82) is 0 Å². The molecular weight excluding hydrogens is 324 g/mol. The van der Waals surface area contributed by atoms with Gasteiger partial charge in [-0.2, -0.15) is 29.8 Å². The average molecular weight is 333 g/mol. The van der Waals surface area contributed by atoms with E-state index in [1.165, 1.54) is 7.11 Å². The second-order valence-corrected chi connectivity index (χ2v) is 2.25. The van der Waals surface area contributed by atoms with Gasteiger partial charge in [0.15, 0.2) is 0 Å². The van der Waals surface area contributed by atoms with E-state index < -0.39 is 0 Å². The van der Waals surface area contributed by atoms with Crippen molar-refractivity contribution in [3.05, 3.63) is 35.4 Å². The molecule has 12 heavy (non-hydrogen) atoms. The number of esters is 1. The van der Waals surface area contributed by atoms with Crippen molar-refractivity contribution >= 4 is 5.97 Å². The predicted molar refractivity (Wildman–Crippen MR) is 41.4 cm³/mol. The Balaban J connectivity index is 0.00000121. The average Bonchev–Trinajstić information content (AvgIpc) is 2.03. The second kappa shape index (κ2) is 5.10. The molecule has 0 unspecified atom stereocenters. The molecule has 0 fully saturated rings. The molecule has 3 heteroatoms. The van der Waals surface area contributed by atoms with E-state index in [-0.39, 0.29) is 27.0 Å². The van der Waals surface area contributed by atoms with Crippen LogP contribution in [0.1, 0.15) is 15.9 Å². The Kier molecular flexibility index (Phi) is 4.84. The van der Waals surface area contributed by atoms with E-state index in [0.717, 1.165) is 5.56 Å². The summed E-state index contributed by atoms with van der Waals surface area (Å²) in [4.78, 5) is 10.9. The maximum Gasteiger partial charge on any atom is 0.313 e. The number of hydrogen-bond acceptors (Lipinski definition) is 2. The normalized spacial score (nSPS) is 8.50. The van der Waals surface area contributed by atoms with E-state index in [1.807, 2.05) is 6.92 Å². The minimum Gasteiger partial charge on any atom is -0.467 e. The third-order valence-electron chi connectivity index (χ3n) is 1.37. The minimum absolute atomic E-state index is 0. The molecule has 1 rings (SSSR count). The summed E-state index contributed by atoms with van der Waals surface area (Å²) in [5.41, 5.74) is 1.51. The van der Waals surface area contributed by atoms with Crippen LogP contribution in [0.25, 0.3) is 0 Å². The first-order valence-electron chi connectivity index (χ1n) is 3.30. The van der Waals surface area contributed by atoms with Crippen molar-refractivity contribution in [2.75, 3.05) is 7.11 Å². The molecule has 0 amide bonds. The van der Waals surface area contributed by atoms with Crippen LogP contribution in [0.5, 0.6) is 0 Å². The summed E-state index contributed by atoms with van der Waals surface area (Å²) in [5, 5.41) is 0. The molecule has 0 aliphatic carbocycles. The Labute approximate surface area is 86.2 Å². The molecule has 0 heterocycles. The summed E-state index contributed by atoms with van der Waals surface area (Å²) in [5.74, 6) is -0.304. The van der Waals surface area contributed by atoms with E-state index >= 15 is 0 Å². The predicted octanol–water partition coefficient (Wildman–Crippen LogP) is 1.58. The zero-order valence-corrected chi connectivity index (χ0v) is 9.89. The van der Waals surface area contributed by atoms with Gasteiger partial charge in [0.05, 0.1) is 7.11 Å². The molecule has 0 saturated heterocycles. The van der Waals surface area contributed by atoms with Gasteiger partial charge in [0.2, 0.25) is 0 Å². The number of carbonyl (C=O) groups excluding carboxylic acids is 1. The smallest absolute Gasteiger partial charge is 0.313 e. The molecule has 2 nitrogen and oxygen atoms in total. The Morgan fingerprint density at radius 1 is 1.58 bits per heavy atom. The third-order valence-corrected chi connectivity index (χ3v) is 1.37. The van der Waals surface area contributed by atoms with Crippen molar-refractivity contribution in [2.45, 2.75) is 6.92 Å². The van der Waals surface area contributed by atoms with Gasteiger partial charge in [-0.25, -0.2) is 4.79 Å². The summed E-state index contributed by atoms with van der Waals surface area (Å²) in [6.45, 7) is 1.88. The van der Waals surface area contributed by atoms with Gasteiger partial charge >= 0.3 is 5.97 Å². The van der Waals surface area contributed by atoms with Crippen molar-refractivity contribution in [2.24, 2.45) is 0 Å². The second-order valence-electron chi connectivity index (χ2n) is 2.25. The molecular formula is C9H9O2W-. The van der Waals surface area contributed by atoms with Crippen LogP contribution >= 0.6 is 0 Å². The molecule has 0 aliphatic heterocycles. The van der Waals surface area contributed by atoms with Gasteiger partial charge in [-0.3, -0.25) is 0 Å². The number of benzene rings is 1. The monoisotopic (exact) mass is 333 g/mol. The number of methoxy groups -OCH3 is 1. The van der Waals surface area contributed by atoms with Crippen molar-refractivity contribution in [3.63, 3.8) is 0 Å². The van der Waals surface area contributed by atoms with Gasteiger partial charge in [0.25, 0.3) is 0 Å². The van der Waals surface area contributed by atoms with Crippen LogP contribution in [0.2, 0.25) is 0 Å². The Bertz CT molecular complexity index is 271. The van der Waals surface area contributed by atoms with Crippen LogP contribution in [-0.2, 0) is 25.8 Å². The standard InChI is InChI=1S/C9H9O2.W/c1-7-4-3-5-8(6-7)9(10)11-2;/h3,5-6H,1-2H3;/q-1;. The topological polar surface area (TPSA) is 26.3 Å². The first-order valence-corrected chi connectivity index (χ1v) is 3.30. The van der Waals surface area contributed by atoms with Gasteiger partial charge in [0.1, 0.15) is 0 Å². The fraction of sp³-hybridized carbons (Fsp3) is 0.222. The first-order chi connectivity index (χ1) is 5.24. The van der Waals surface area contributed by atoms with Crippen LogP contribution in [0.15, 0.2) is 18.2 Å². The zero-order chi connectivity index (χ0) is 8.27. The van der Waals surface area contributed by atoms with E-state index in [0.29, 0.717) is 5.56 Å². The third kappa shape index (κ3) is 2.78. The molecule has 0 spiro atoms. The van der Waals surface area contributed by atoms with Crippen molar-refractivity contribution in [3.8, 4) is 0 Å². The minimum atomic E-state index is -0.304. The number of aryl methyl sites for hydroxylation is 1. The maximum atomic E-state index is 10.9. The maximum absolute atomic E-state index is 10.9. The molecule has 0 radical (unpaired) electrons. The van der Waals surface area contributed by atoms with Gasteiger partial charge < -0.3 is 4.74 Å². The van der Waals surface area contributed by atoms with Crippen LogP contribution < -0.4 is 0 Å². The summed E-state index contributed by atoms with van der Waals surface area (Å²) >= 11 is 0. The summed E-state index contributed by atoms with van der Waals surface area (Å²) in [6, 6.07) is 8.07. The molecule has 1 aromatic rings. The number of hydrogen-bond donors (Lipinski definition) is 0. The largest absolute Gasteiger partial charge is 0.467 e. The number of carbonyl (C=O) groups is 1. The van der Waals surface area contributed by atoms with Crippen LogP contribution in [0.3, 0.4) is 0 Å². The van der Waals surface area contributed by atoms with Crippen molar-refractivity contribution < 1.29 is 30.6 Å². The Morgan fingerprint density at radius 3 is 2.75 bits per heavy atom. The van der Waals surface area contributed by atoms with Crippen molar-refractivity contribution in [1.82, 2.24) is 0 Å². The Morgan fingerprint density at radius 2 is 2.25 bits per heavy atom. The first kappa shape index (κ1) is 11.4. The van der Waals surface area contributed by atoms with Crippen LogP contribution in [-0.4, -0.2) is 13.1 Å². The molecule has 0 bridgehead atoms. The SMILES string of the molecule is COC(=O)c1cc[c-]c(C)c1.[W]. The summed E-state index contributed by atoms with van der Waals surface area (Å²) < 4.78 is 4.54. The van der Waals surface area contributed by atoms with E-state index in [2.05, 4.69) is 10.8 Å². The van der Waals surface area contributed by atoms with Crippen LogP contribution in [0.4, 0.5) is 0 Å². The van der Waals surface area contributed by atoms with Gasteiger partial charge in [-0.15, -0.1) is 0 Å². The molecule has 0 aliphatic rings. The Hall–Kier alpha value is -0.622. The molecule has 0 atom stereocenters. The fourth-order valence-electron chi connectivity index (χ4n) is 0.831. The van der Waals surface area contributed by atoms with Crippen LogP contribution in [0, 0.1) is 13.0 Å². The number of ether oxygens (including phenoxy) is 1. The molecule has 1 aromatic carbocycles. The van der Waals surface area contributed by atoms with Gasteiger partial charge in [0, 0.05) is 21.1 Å². The summed E-state index contributed by atoms with van der Waals surface area (Å²) in [6.07, 6.45) is 0. The number of rotatable bonds is 1. The molecule has 0 N–H and O–H groups in total. The zero-order valence-electron chi connectivity index (χ0n) is 6.96. The molecule has 64 valence electrons. The quantitative estimate of drug-likeness (QED) is 0.576. The molecule has 0 aromatic heterocycles. The molecule has 0 saturated carbocycles.